The zero-order valence-corrected chi connectivity index (χ0v) is 10.5. The molecule has 0 bridgehead atoms. The Hall–Kier alpha value is -1.58. The number of aliphatic hydroxyl groups is 1. The zero-order chi connectivity index (χ0) is 12.5. The van der Waals surface area contributed by atoms with E-state index in [1.165, 1.54) is 16.5 Å². The second kappa shape index (κ2) is 4.59. The molecule has 3 nitrogen and oxygen atoms in total. The molecule has 0 saturated heterocycles. The van der Waals surface area contributed by atoms with Crippen LogP contribution in [0.4, 0.5) is 0 Å². The summed E-state index contributed by atoms with van der Waals surface area (Å²) in [7, 11) is 0. The van der Waals surface area contributed by atoms with E-state index in [0.717, 1.165) is 30.6 Å². The molecule has 1 aromatic heterocycles. The maximum absolute atomic E-state index is 9.69. The second-order valence-corrected chi connectivity index (χ2v) is 4.87. The van der Waals surface area contributed by atoms with Crippen LogP contribution in [0.3, 0.4) is 0 Å². The minimum atomic E-state index is -0.417. The van der Waals surface area contributed by atoms with Crippen LogP contribution in [-0.4, -0.2) is 23.2 Å². The lowest BCUT2D eigenvalue weighted by molar-refractivity contribution is 0.199. The number of aromatic amines is 1. The zero-order valence-electron chi connectivity index (χ0n) is 10.5. The number of fused-ring (bicyclic) bond motifs is 1. The molecule has 1 aromatic carbocycles. The third-order valence-corrected chi connectivity index (χ3v) is 3.60. The molecule has 1 aliphatic heterocycles. The Morgan fingerprint density at radius 2 is 2.22 bits per heavy atom. The molecule has 2 heterocycles. The van der Waals surface area contributed by atoms with Crippen molar-refractivity contribution in [3.8, 4) is 0 Å². The van der Waals surface area contributed by atoms with Gasteiger partial charge < -0.3 is 15.4 Å². The van der Waals surface area contributed by atoms with E-state index in [1.54, 1.807) is 6.92 Å². The molecule has 3 N–H and O–H groups in total. The van der Waals surface area contributed by atoms with Crippen molar-refractivity contribution in [3.63, 3.8) is 0 Å². The van der Waals surface area contributed by atoms with Crippen molar-refractivity contribution < 1.29 is 5.11 Å². The predicted octanol–water partition coefficient (Wildman–Crippen LogP) is 2.60. The minimum Gasteiger partial charge on any atom is -0.389 e. The fourth-order valence-corrected chi connectivity index (χ4v) is 2.53. The van der Waals surface area contributed by atoms with Gasteiger partial charge in [-0.1, -0.05) is 12.1 Å². The molecule has 1 aliphatic rings. The summed E-state index contributed by atoms with van der Waals surface area (Å²) in [5, 5.41) is 14.2. The van der Waals surface area contributed by atoms with Crippen LogP contribution in [0.5, 0.6) is 0 Å². The minimum absolute atomic E-state index is 0.417. The van der Waals surface area contributed by atoms with Gasteiger partial charge in [-0.3, -0.25) is 0 Å². The van der Waals surface area contributed by atoms with Crippen LogP contribution in [0.1, 0.15) is 30.6 Å². The molecule has 3 heteroatoms. The Bertz CT molecular complexity index is 596. The summed E-state index contributed by atoms with van der Waals surface area (Å²) in [6.07, 6.45) is 4.97. The van der Waals surface area contributed by atoms with Crippen molar-refractivity contribution in [2.45, 2.75) is 19.4 Å². The van der Waals surface area contributed by atoms with Crippen LogP contribution in [0, 0.1) is 0 Å². The molecule has 0 radical (unpaired) electrons. The number of hydrogen-bond acceptors (Lipinski definition) is 2. The first-order valence-electron chi connectivity index (χ1n) is 6.45. The third kappa shape index (κ3) is 1.96. The maximum Gasteiger partial charge on any atom is 0.0762 e. The fraction of sp³-hybridized carbons (Fsp3) is 0.333. The summed E-state index contributed by atoms with van der Waals surface area (Å²) in [6, 6.07) is 6.11. The quantitative estimate of drug-likeness (QED) is 0.758. The van der Waals surface area contributed by atoms with Gasteiger partial charge in [0.15, 0.2) is 0 Å². The van der Waals surface area contributed by atoms with Crippen LogP contribution in [0.25, 0.3) is 16.5 Å². The van der Waals surface area contributed by atoms with Gasteiger partial charge in [0.25, 0.3) is 0 Å². The summed E-state index contributed by atoms with van der Waals surface area (Å²) < 4.78 is 0. The van der Waals surface area contributed by atoms with E-state index in [0.29, 0.717) is 0 Å². The number of aromatic nitrogens is 1. The molecule has 94 valence electrons. The van der Waals surface area contributed by atoms with Gasteiger partial charge in [-0.15, -0.1) is 0 Å². The van der Waals surface area contributed by atoms with Crippen molar-refractivity contribution in [1.82, 2.24) is 10.3 Å². The lowest BCUT2D eigenvalue weighted by Gasteiger charge is -2.13. The van der Waals surface area contributed by atoms with Gasteiger partial charge in [0.1, 0.15) is 0 Å². The second-order valence-electron chi connectivity index (χ2n) is 4.87. The first kappa shape index (κ1) is 11.5. The van der Waals surface area contributed by atoms with Crippen LogP contribution in [-0.2, 0) is 0 Å². The molecule has 2 aromatic rings. The molecule has 0 aliphatic carbocycles. The van der Waals surface area contributed by atoms with E-state index < -0.39 is 6.10 Å². The van der Waals surface area contributed by atoms with Crippen molar-refractivity contribution in [1.29, 1.82) is 0 Å². The third-order valence-electron chi connectivity index (χ3n) is 3.60. The molecular weight excluding hydrogens is 224 g/mol. The Labute approximate surface area is 107 Å². The van der Waals surface area contributed by atoms with Gasteiger partial charge >= 0.3 is 0 Å². The van der Waals surface area contributed by atoms with Gasteiger partial charge in [-0.05, 0) is 43.2 Å². The van der Waals surface area contributed by atoms with E-state index in [4.69, 9.17) is 0 Å². The molecule has 18 heavy (non-hydrogen) atoms. The molecular formula is C15H18N2O. The van der Waals surface area contributed by atoms with Crippen LogP contribution < -0.4 is 5.32 Å². The van der Waals surface area contributed by atoms with Crippen molar-refractivity contribution >= 4 is 16.5 Å². The Morgan fingerprint density at radius 3 is 2.94 bits per heavy atom. The molecule has 3 rings (SSSR count). The monoisotopic (exact) mass is 242 g/mol. The highest BCUT2D eigenvalue weighted by atomic mass is 16.3. The Morgan fingerprint density at radius 1 is 1.33 bits per heavy atom. The molecule has 0 amide bonds. The van der Waals surface area contributed by atoms with Gasteiger partial charge in [0.05, 0.1) is 6.10 Å². The van der Waals surface area contributed by atoms with Crippen molar-refractivity contribution in [2.75, 3.05) is 13.1 Å². The van der Waals surface area contributed by atoms with Crippen molar-refractivity contribution in [3.05, 3.63) is 41.6 Å². The van der Waals surface area contributed by atoms with Gasteiger partial charge in [0, 0.05) is 29.2 Å². The summed E-state index contributed by atoms with van der Waals surface area (Å²) in [5.74, 6) is 0. The average molecular weight is 242 g/mol. The molecule has 0 saturated carbocycles. The standard InChI is InChI=1S/C15H18N2O/c1-10(18)12-2-3-15-13(8-12)14(9-17-15)11-4-6-16-7-5-11/h2-4,8-10,16-18H,5-7H2,1H3. The highest BCUT2D eigenvalue weighted by Crippen LogP contribution is 2.29. The summed E-state index contributed by atoms with van der Waals surface area (Å²) in [5.41, 5.74) is 4.77. The molecule has 1 unspecified atom stereocenters. The normalized spacial score (nSPS) is 17.8. The maximum atomic E-state index is 9.69. The van der Waals surface area contributed by atoms with Gasteiger partial charge in [-0.25, -0.2) is 0 Å². The SMILES string of the molecule is CC(O)c1ccc2[nH]cc(C3=CCNCC3)c2c1. The lowest BCUT2D eigenvalue weighted by Crippen LogP contribution is -2.19. The number of nitrogens with one attached hydrogen (secondary N) is 2. The van der Waals surface area contributed by atoms with E-state index in [9.17, 15) is 5.11 Å². The molecule has 0 fully saturated rings. The van der Waals surface area contributed by atoms with Gasteiger partial charge in [-0.2, -0.15) is 0 Å². The molecule has 1 atom stereocenters. The molecule has 0 spiro atoms. The lowest BCUT2D eigenvalue weighted by atomic mass is 9.98. The number of H-pyrrole nitrogens is 1. The number of aliphatic hydroxyl groups excluding tert-OH is 1. The van der Waals surface area contributed by atoms with Crippen LogP contribution >= 0.6 is 0 Å². The Kier molecular flexibility index (Phi) is 2.94. The highest BCUT2D eigenvalue weighted by molar-refractivity contribution is 5.93. The number of rotatable bonds is 2. The van der Waals surface area contributed by atoms with Gasteiger partial charge in [0.2, 0.25) is 0 Å². The van der Waals surface area contributed by atoms with E-state index in [1.807, 2.05) is 12.1 Å². The average Bonchev–Trinajstić information content (AvgIpc) is 2.82. The largest absolute Gasteiger partial charge is 0.389 e. The van der Waals surface area contributed by atoms with Crippen molar-refractivity contribution in [2.24, 2.45) is 0 Å². The fourth-order valence-electron chi connectivity index (χ4n) is 2.53. The topological polar surface area (TPSA) is 48.0 Å². The number of hydrogen-bond donors (Lipinski definition) is 3. The summed E-state index contributed by atoms with van der Waals surface area (Å²) in [4.78, 5) is 3.31. The number of benzene rings is 1. The van der Waals surface area contributed by atoms with E-state index >= 15 is 0 Å². The predicted molar refractivity (Wildman–Crippen MR) is 74.4 cm³/mol. The van der Waals surface area contributed by atoms with Crippen LogP contribution in [0.2, 0.25) is 0 Å². The summed E-state index contributed by atoms with van der Waals surface area (Å²) in [6.45, 7) is 3.78. The highest BCUT2D eigenvalue weighted by Gasteiger charge is 2.12. The Balaban J connectivity index is 2.11. The van der Waals surface area contributed by atoms with Crippen LogP contribution in [0.15, 0.2) is 30.5 Å². The van der Waals surface area contributed by atoms with E-state index in [2.05, 4.69) is 28.6 Å². The first-order chi connectivity index (χ1) is 8.75. The first-order valence-corrected chi connectivity index (χ1v) is 6.45. The smallest absolute Gasteiger partial charge is 0.0762 e. The summed E-state index contributed by atoms with van der Waals surface area (Å²) >= 11 is 0. The van der Waals surface area contributed by atoms with E-state index in [-0.39, 0.29) is 0 Å².